The summed E-state index contributed by atoms with van der Waals surface area (Å²) in [5.41, 5.74) is 2.92. The molecule has 1 atom stereocenters. The van der Waals surface area contributed by atoms with Gasteiger partial charge in [-0.05, 0) is 42.3 Å². The Morgan fingerprint density at radius 3 is 2.16 bits per heavy atom. The lowest BCUT2D eigenvalue weighted by Gasteiger charge is -2.34. The lowest BCUT2D eigenvalue weighted by molar-refractivity contribution is -0.139. The van der Waals surface area contributed by atoms with E-state index in [9.17, 15) is 18.0 Å². The van der Waals surface area contributed by atoms with Crippen LogP contribution in [0.3, 0.4) is 0 Å². The fourth-order valence-electron chi connectivity index (χ4n) is 5.16. The maximum absolute atomic E-state index is 14.4. The predicted molar refractivity (Wildman–Crippen MR) is 168 cm³/mol. The van der Waals surface area contributed by atoms with E-state index >= 15 is 0 Å². The van der Waals surface area contributed by atoms with Crippen LogP contribution in [0.5, 0.6) is 11.5 Å². The third kappa shape index (κ3) is 7.03. The summed E-state index contributed by atoms with van der Waals surface area (Å²) in [6.45, 7) is 2.20. The molecular weight excluding hydrogens is 578 g/mol. The molecule has 10 heteroatoms. The smallest absolute Gasteiger partial charge is 0.264 e. The van der Waals surface area contributed by atoms with Crippen LogP contribution >= 0.6 is 0 Å². The van der Waals surface area contributed by atoms with E-state index in [0.717, 1.165) is 21.0 Å². The highest BCUT2D eigenvalue weighted by Gasteiger charge is 2.34. The molecule has 1 heterocycles. The first-order valence-electron chi connectivity index (χ1n) is 14.3. The molecular formula is C34H35N3O6S. The quantitative estimate of drug-likeness (QED) is 0.270. The van der Waals surface area contributed by atoms with E-state index in [0.29, 0.717) is 24.7 Å². The van der Waals surface area contributed by atoms with Crippen LogP contribution in [0.15, 0.2) is 108 Å². The molecule has 9 nitrogen and oxygen atoms in total. The molecule has 4 aromatic rings. The Bertz CT molecular complexity index is 1710. The van der Waals surface area contributed by atoms with Gasteiger partial charge in [0.1, 0.15) is 25.8 Å². The zero-order valence-corrected chi connectivity index (χ0v) is 25.5. The topological polar surface area (TPSA) is 105 Å². The van der Waals surface area contributed by atoms with Gasteiger partial charge in [-0.1, -0.05) is 78.4 Å². The maximum atomic E-state index is 14.4. The molecule has 4 aromatic carbocycles. The molecule has 1 N–H and O–H groups in total. The van der Waals surface area contributed by atoms with Crippen molar-refractivity contribution in [2.24, 2.45) is 0 Å². The Morgan fingerprint density at radius 1 is 0.818 bits per heavy atom. The molecule has 0 radical (unpaired) electrons. The van der Waals surface area contributed by atoms with E-state index in [2.05, 4.69) is 5.32 Å². The van der Waals surface area contributed by atoms with E-state index in [-0.39, 0.29) is 29.5 Å². The number of benzene rings is 4. The van der Waals surface area contributed by atoms with Crippen molar-refractivity contribution in [2.45, 2.75) is 30.8 Å². The van der Waals surface area contributed by atoms with Crippen molar-refractivity contribution in [3.63, 3.8) is 0 Å². The lowest BCUT2D eigenvalue weighted by atomic mass is 10.0. The minimum absolute atomic E-state index is 0.0278. The minimum atomic E-state index is -4.21. The number of fused-ring (bicyclic) bond motifs is 1. The number of nitrogens with zero attached hydrogens (tertiary/aromatic N) is 2. The molecule has 0 aliphatic carbocycles. The summed E-state index contributed by atoms with van der Waals surface area (Å²) < 4.78 is 40.7. The number of hydrogen-bond acceptors (Lipinski definition) is 6. The van der Waals surface area contributed by atoms with Gasteiger partial charge in [0.15, 0.2) is 11.5 Å². The van der Waals surface area contributed by atoms with Crippen LogP contribution in [0.2, 0.25) is 0 Å². The van der Waals surface area contributed by atoms with E-state index < -0.39 is 28.5 Å². The van der Waals surface area contributed by atoms with Gasteiger partial charge in [-0.2, -0.15) is 0 Å². The Labute approximate surface area is 258 Å². The maximum Gasteiger partial charge on any atom is 0.264 e. The molecule has 0 saturated carbocycles. The van der Waals surface area contributed by atoms with Crippen LogP contribution in [0.4, 0.5) is 5.69 Å². The number of anilines is 1. The highest BCUT2D eigenvalue weighted by atomic mass is 32.2. The molecule has 44 heavy (non-hydrogen) atoms. The zero-order chi connectivity index (χ0) is 31.1. The summed E-state index contributed by atoms with van der Waals surface area (Å²) in [6.07, 6.45) is 0.244. The third-order valence-corrected chi connectivity index (χ3v) is 9.16. The van der Waals surface area contributed by atoms with Gasteiger partial charge in [0.2, 0.25) is 11.8 Å². The summed E-state index contributed by atoms with van der Waals surface area (Å²) in [5, 5.41) is 2.70. The van der Waals surface area contributed by atoms with E-state index in [1.807, 2.05) is 61.5 Å². The standard InChI is InChI=1S/C34H35N3O6S/c1-25-10-9-13-27(20-25)23-36(30(34(39)35-2)21-26-11-5-3-6-12-26)33(38)24-37(44(40,41)29-14-7-4-8-15-29)28-16-17-31-32(22-28)43-19-18-42-31/h3-17,20,22,30H,18-19,21,23-24H2,1-2H3,(H,35,39). The largest absolute Gasteiger partial charge is 0.486 e. The summed E-state index contributed by atoms with van der Waals surface area (Å²) in [5.74, 6) is -0.0116. The number of likely N-dealkylation sites (N-methyl/N-ethyl adjacent to an activating group) is 1. The van der Waals surface area contributed by atoms with Gasteiger partial charge in [0.05, 0.1) is 10.6 Å². The van der Waals surface area contributed by atoms with Crippen molar-refractivity contribution in [1.29, 1.82) is 0 Å². The van der Waals surface area contributed by atoms with E-state index in [1.165, 1.54) is 24.1 Å². The van der Waals surface area contributed by atoms with Gasteiger partial charge < -0.3 is 19.7 Å². The van der Waals surface area contributed by atoms with Gasteiger partial charge in [-0.3, -0.25) is 13.9 Å². The molecule has 0 spiro atoms. The first-order chi connectivity index (χ1) is 21.3. The molecule has 0 saturated heterocycles. The van der Waals surface area contributed by atoms with Crippen molar-refractivity contribution < 1.29 is 27.5 Å². The average Bonchev–Trinajstić information content (AvgIpc) is 3.05. The first-order valence-corrected chi connectivity index (χ1v) is 15.8. The Balaban J connectivity index is 1.57. The lowest BCUT2D eigenvalue weighted by Crippen LogP contribution is -2.53. The third-order valence-electron chi connectivity index (χ3n) is 7.38. The van der Waals surface area contributed by atoms with Crippen molar-refractivity contribution in [2.75, 3.05) is 31.1 Å². The van der Waals surface area contributed by atoms with Gasteiger partial charge in [0, 0.05) is 26.1 Å². The Morgan fingerprint density at radius 2 is 1.48 bits per heavy atom. The van der Waals surface area contributed by atoms with E-state index in [4.69, 9.17) is 9.47 Å². The summed E-state index contributed by atoms with van der Waals surface area (Å²) in [4.78, 5) is 29.3. The fraction of sp³-hybridized carbons (Fsp3) is 0.235. The SMILES string of the molecule is CNC(=O)C(Cc1ccccc1)N(Cc1cccc(C)c1)C(=O)CN(c1ccc2c(c1)OCCO2)S(=O)(=O)c1ccccc1. The number of carbonyl (C=O) groups is 2. The number of hydrogen-bond donors (Lipinski definition) is 1. The van der Waals surface area contributed by atoms with Crippen molar-refractivity contribution in [1.82, 2.24) is 10.2 Å². The van der Waals surface area contributed by atoms with Crippen molar-refractivity contribution in [3.05, 3.63) is 120 Å². The molecule has 1 aliphatic heterocycles. The Hall–Kier alpha value is -4.83. The molecule has 5 rings (SSSR count). The number of rotatable bonds is 11. The van der Waals surface area contributed by atoms with Crippen LogP contribution in [0.1, 0.15) is 16.7 Å². The highest BCUT2D eigenvalue weighted by Crippen LogP contribution is 2.36. The second-order valence-corrected chi connectivity index (χ2v) is 12.3. The van der Waals surface area contributed by atoms with Crippen LogP contribution in [-0.2, 0) is 32.6 Å². The number of aryl methyl sites for hydroxylation is 1. The van der Waals surface area contributed by atoms with Crippen LogP contribution < -0.4 is 19.1 Å². The summed E-state index contributed by atoms with van der Waals surface area (Å²) >= 11 is 0. The van der Waals surface area contributed by atoms with Crippen molar-refractivity contribution in [3.8, 4) is 11.5 Å². The highest BCUT2D eigenvalue weighted by molar-refractivity contribution is 7.92. The number of nitrogens with one attached hydrogen (secondary N) is 1. The molecule has 1 aliphatic rings. The van der Waals surface area contributed by atoms with Crippen LogP contribution in [0, 0.1) is 6.92 Å². The molecule has 228 valence electrons. The van der Waals surface area contributed by atoms with Crippen LogP contribution in [-0.4, -0.2) is 58.0 Å². The van der Waals surface area contributed by atoms with Crippen LogP contribution in [0.25, 0.3) is 0 Å². The zero-order valence-electron chi connectivity index (χ0n) is 24.7. The van der Waals surface area contributed by atoms with Crippen molar-refractivity contribution >= 4 is 27.5 Å². The van der Waals surface area contributed by atoms with Gasteiger partial charge >= 0.3 is 0 Å². The molecule has 0 bridgehead atoms. The summed E-state index contributed by atoms with van der Waals surface area (Å²) in [7, 11) is -2.69. The average molecular weight is 614 g/mol. The monoisotopic (exact) mass is 613 g/mol. The predicted octanol–water partition coefficient (Wildman–Crippen LogP) is 4.35. The number of amides is 2. The van der Waals surface area contributed by atoms with Gasteiger partial charge in [-0.15, -0.1) is 0 Å². The summed E-state index contributed by atoms with van der Waals surface area (Å²) in [6, 6.07) is 28.9. The Kier molecular flexibility index (Phi) is 9.50. The van der Waals surface area contributed by atoms with Gasteiger partial charge in [0.25, 0.3) is 10.0 Å². The van der Waals surface area contributed by atoms with Gasteiger partial charge in [-0.25, -0.2) is 8.42 Å². The number of ether oxygens (including phenoxy) is 2. The normalized spacial score (nSPS) is 13.0. The fourth-order valence-corrected chi connectivity index (χ4v) is 6.59. The second-order valence-electron chi connectivity index (χ2n) is 10.5. The molecule has 0 fully saturated rings. The molecule has 1 unspecified atom stereocenters. The first kappa shape index (κ1) is 30.6. The second kappa shape index (κ2) is 13.6. The molecule has 0 aromatic heterocycles. The minimum Gasteiger partial charge on any atom is -0.486 e. The van der Waals surface area contributed by atoms with E-state index in [1.54, 1.807) is 36.4 Å². The number of sulfonamides is 1. The molecule has 2 amide bonds. The number of carbonyl (C=O) groups excluding carboxylic acids is 2.